The van der Waals surface area contributed by atoms with Gasteiger partial charge in [0, 0.05) is 28.9 Å². The van der Waals surface area contributed by atoms with E-state index in [1.165, 1.54) is 0 Å². The van der Waals surface area contributed by atoms with Gasteiger partial charge in [-0.15, -0.1) is 0 Å². The van der Waals surface area contributed by atoms with E-state index in [0.29, 0.717) is 35.6 Å². The largest absolute Gasteiger partial charge is 0.505 e. The quantitative estimate of drug-likeness (QED) is 0.268. The molecule has 0 saturated heterocycles. The van der Waals surface area contributed by atoms with Gasteiger partial charge in [-0.05, 0) is 56.3 Å². The fraction of sp³-hybridized carbons (Fsp3) is 0.231. The number of phenols is 1. The molecule has 0 spiro atoms. The van der Waals surface area contributed by atoms with E-state index in [2.05, 4.69) is 10.3 Å². The number of nitrogens with one attached hydrogen (secondary N) is 1. The molecule has 4 aromatic rings. The second-order valence-corrected chi connectivity index (χ2v) is 7.53. The van der Waals surface area contributed by atoms with Crippen molar-refractivity contribution in [2.24, 2.45) is 0 Å². The number of anilines is 1. The van der Waals surface area contributed by atoms with Gasteiger partial charge in [-0.3, -0.25) is 0 Å². The summed E-state index contributed by atoms with van der Waals surface area (Å²) in [6.07, 6.45) is 1.59. The second-order valence-electron chi connectivity index (χ2n) is 7.53. The van der Waals surface area contributed by atoms with Crippen molar-refractivity contribution in [3.8, 4) is 5.75 Å². The first-order valence-electron chi connectivity index (χ1n) is 10.8. The number of nitrogens with zero attached hydrogens (tertiary/aromatic N) is 1. The maximum Gasteiger partial charge on any atom is 0.338 e. The normalized spacial score (nSPS) is 11.9. The van der Waals surface area contributed by atoms with Crippen molar-refractivity contribution >= 4 is 22.6 Å². The van der Waals surface area contributed by atoms with Crippen molar-refractivity contribution in [1.29, 1.82) is 0 Å². The number of aromatic hydroxyl groups is 1. The van der Waals surface area contributed by atoms with Crippen LogP contribution in [0.5, 0.6) is 5.75 Å². The van der Waals surface area contributed by atoms with Gasteiger partial charge < -0.3 is 24.3 Å². The lowest BCUT2D eigenvalue weighted by molar-refractivity contribution is 0.0335. The zero-order chi connectivity index (χ0) is 23.2. The Balaban J connectivity index is 1.58. The smallest absolute Gasteiger partial charge is 0.338 e. The maximum absolute atomic E-state index is 12.2. The van der Waals surface area contributed by atoms with E-state index >= 15 is 0 Å². The van der Waals surface area contributed by atoms with Gasteiger partial charge in [-0.25, -0.2) is 9.78 Å². The zero-order valence-corrected chi connectivity index (χ0v) is 18.6. The number of fused-ring (bicyclic) bond motifs is 1. The molecule has 0 amide bonds. The number of pyridine rings is 1. The van der Waals surface area contributed by atoms with Crippen molar-refractivity contribution in [2.75, 3.05) is 25.1 Å². The Morgan fingerprint density at radius 3 is 2.61 bits per heavy atom. The van der Waals surface area contributed by atoms with Gasteiger partial charge in [-0.1, -0.05) is 18.2 Å². The molecule has 0 radical (unpaired) electrons. The van der Waals surface area contributed by atoms with Crippen molar-refractivity contribution in [2.45, 2.75) is 19.9 Å². The predicted molar refractivity (Wildman–Crippen MR) is 126 cm³/mol. The minimum Gasteiger partial charge on any atom is -0.505 e. The molecule has 7 heteroatoms. The Morgan fingerprint density at radius 1 is 1.09 bits per heavy atom. The summed E-state index contributed by atoms with van der Waals surface area (Å²) in [7, 11) is 0. The van der Waals surface area contributed by atoms with Gasteiger partial charge in [0.05, 0.1) is 18.4 Å². The monoisotopic (exact) mass is 446 g/mol. The zero-order valence-electron chi connectivity index (χ0n) is 18.6. The van der Waals surface area contributed by atoms with E-state index in [9.17, 15) is 9.90 Å². The molecule has 2 N–H and O–H groups in total. The Morgan fingerprint density at radius 2 is 1.88 bits per heavy atom. The summed E-state index contributed by atoms with van der Waals surface area (Å²) in [5.41, 5.74) is 3.19. The van der Waals surface area contributed by atoms with E-state index in [4.69, 9.17) is 13.9 Å². The minimum absolute atomic E-state index is 0.0968. The topological polar surface area (TPSA) is 93.8 Å². The molecule has 0 aliphatic heterocycles. The third-order valence-corrected chi connectivity index (χ3v) is 5.24. The molecule has 2 aromatic carbocycles. The standard InChI is InChI=1S/C26H26N2O5/c1-3-31-15-16-33-26(30)19-8-11-20(12-9-19)28-24(22-5-4-14-32-22)21-13-10-18-7-6-17(2)27-23(18)25(21)29/h4-14,24,28-29H,3,15-16H2,1-2H3. The molecule has 7 nitrogen and oxygen atoms in total. The lowest BCUT2D eigenvalue weighted by Crippen LogP contribution is -2.13. The number of carbonyl (C=O) groups excluding carboxylic acids is 1. The van der Waals surface area contributed by atoms with Crippen LogP contribution >= 0.6 is 0 Å². The Labute approximate surface area is 192 Å². The molecule has 0 saturated carbocycles. The van der Waals surface area contributed by atoms with Crippen molar-refractivity contribution in [3.63, 3.8) is 0 Å². The summed E-state index contributed by atoms with van der Waals surface area (Å²) in [5.74, 6) is 0.328. The minimum atomic E-state index is -0.462. The van der Waals surface area contributed by atoms with Crippen LogP contribution in [0.15, 0.2) is 71.3 Å². The molecular formula is C26H26N2O5. The molecule has 33 heavy (non-hydrogen) atoms. The summed E-state index contributed by atoms with van der Waals surface area (Å²) >= 11 is 0. The number of phenolic OH excluding ortho intramolecular Hbond substituents is 1. The van der Waals surface area contributed by atoms with E-state index in [1.54, 1.807) is 36.6 Å². The van der Waals surface area contributed by atoms with Gasteiger partial charge >= 0.3 is 5.97 Å². The highest BCUT2D eigenvalue weighted by Crippen LogP contribution is 2.36. The van der Waals surface area contributed by atoms with Crippen LogP contribution in [0.2, 0.25) is 0 Å². The van der Waals surface area contributed by atoms with E-state index in [0.717, 1.165) is 16.8 Å². The van der Waals surface area contributed by atoms with Crippen LogP contribution in [0.3, 0.4) is 0 Å². The van der Waals surface area contributed by atoms with Crippen LogP contribution < -0.4 is 5.32 Å². The first-order valence-corrected chi connectivity index (χ1v) is 10.8. The number of hydrogen-bond donors (Lipinski definition) is 2. The number of ether oxygens (including phenoxy) is 2. The summed E-state index contributed by atoms with van der Waals surface area (Å²) in [4.78, 5) is 16.7. The molecule has 0 aliphatic carbocycles. The van der Waals surface area contributed by atoms with Crippen molar-refractivity contribution in [3.05, 3.63) is 89.5 Å². The van der Waals surface area contributed by atoms with E-state index in [-0.39, 0.29) is 12.4 Å². The van der Waals surface area contributed by atoms with Gasteiger partial charge in [0.1, 0.15) is 29.7 Å². The van der Waals surface area contributed by atoms with Crippen LogP contribution in [0.25, 0.3) is 10.9 Å². The lowest BCUT2D eigenvalue weighted by Gasteiger charge is -2.20. The third-order valence-electron chi connectivity index (χ3n) is 5.24. The molecule has 1 atom stereocenters. The molecule has 4 rings (SSSR count). The number of furan rings is 1. The molecule has 2 aromatic heterocycles. The average Bonchev–Trinajstić information content (AvgIpc) is 3.36. The summed E-state index contributed by atoms with van der Waals surface area (Å²) < 4.78 is 16.0. The number of aryl methyl sites for hydroxylation is 1. The Hall–Kier alpha value is -3.84. The van der Waals surface area contributed by atoms with Crippen LogP contribution in [0, 0.1) is 6.92 Å². The molecule has 2 heterocycles. The van der Waals surface area contributed by atoms with Crippen LogP contribution in [0.4, 0.5) is 5.69 Å². The number of esters is 1. The first-order chi connectivity index (χ1) is 16.1. The number of rotatable bonds is 9. The van der Waals surface area contributed by atoms with E-state index in [1.807, 2.05) is 44.2 Å². The SMILES string of the molecule is CCOCCOC(=O)c1ccc(NC(c2ccco2)c2ccc3ccc(C)nc3c2O)cc1. The Bertz CT molecular complexity index is 1220. The van der Waals surface area contributed by atoms with Gasteiger partial charge in [0.2, 0.25) is 0 Å². The number of aromatic nitrogens is 1. The van der Waals surface area contributed by atoms with Gasteiger partial charge in [0.15, 0.2) is 0 Å². The molecule has 0 aliphatic rings. The molecule has 0 bridgehead atoms. The van der Waals surface area contributed by atoms with Crippen molar-refractivity contribution in [1.82, 2.24) is 4.98 Å². The van der Waals surface area contributed by atoms with Crippen LogP contribution in [0.1, 0.15) is 40.3 Å². The fourth-order valence-corrected chi connectivity index (χ4v) is 3.57. The third kappa shape index (κ3) is 5.15. The first kappa shape index (κ1) is 22.4. The number of hydrogen-bond acceptors (Lipinski definition) is 7. The van der Waals surface area contributed by atoms with Crippen molar-refractivity contribution < 1.29 is 23.8 Å². The molecule has 170 valence electrons. The van der Waals surface area contributed by atoms with Crippen LogP contribution in [-0.2, 0) is 9.47 Å². The molecular weight excluding hydrogens is 420 g/mol. The average molecular weight is 447 g/mol. The lowest BCUT2D eigenvalue weighted by atomic mass is 10.00. The summed E-state index contributed by atoms with van der Waals surface area (Å²) in [5, 5.41) is 15.3. The van der Waals surface area contributed by atoms with Crippen LogP contribution in [-0.4, -0.2) is 35.9 Å². The summed E-state index contributed by atoms with van der Waals surface area (Å²) in [6, 6.07) is 17.8. The van der Waals surface area contributed by atoms with Gasteiger partial charge in [0.25, 0.3) is 0 Å². The molecule has 1 unspecified atom stereocenters. The molecule has 0 fully saturated rings. The fourth-order valence-electron chi connectivity index (χ4n) is 3.57. The predicted octanol–water partition coefficient (Wildman–Crippen LogP) is 5.24. The van der Waals surface area contributed by atoms with E-state index < -0.39 is 12.0 Å². The highest BCUT2D eigenvalue weighted by atomic mass is 16.6. The van der Waals surface area contributed by atoms with Gasteiger partial charge in [-0.2, -0.15) is 0 Å². The second kappa shape index (κ2) is 10.2. The maximum atomic E-state index is 12.2. The number of carbonyl (C=O) groups is 1. The Kier molecular flexibility index (Phi) is 6.90. The highest BCUT2D eigenvalue weighted by Gasteiger charge is 2.22. The summed E-state index contributed by atoms with van der Waals surface area (Å²) in [6.45, 7) is 4.94. The number of benzene rings is 2. The highest BCUT2D eigenvalue weighted by molar-refractivity contribution is 5.90.